The highest BCUT2D eigenvalue weighted by Gasteiger charge is 2.16. The van der Waals surface area contributed by atoms with E-state index in [1.54, 1.807) is 12.1 Å². The number of nitrogen functional groups attached to an aromatic ring is 1. The molecular formula is C16H13FN4OS. The maximum atomic E-state index is 12.9. The lowest BCUT2D eigenvalue weighted by Crippen LogP contribution is -2.29. The first-order chi connectivity index (χ1) is 11.1. The van der Waals surface area contributed by atoms with Crippen LogP contribution in [0.2, 0.25) is 0 Å². The number of thiocarbonyl (C=S) groups is 1. The number of nitrogens with two attached hydrogens (primary N) is 1. The molecule has 0 saturated heterocycles. The molecule has 0 spiro atoms. The van der Waals surface area contributed by atoms with Crippen molar-refractivity contribution in [1.82, 2.24) is 9.78 Å². The van der Waals surface area contributed by atoms with Gasteiger partial charge in [0.2, 0.25) is 0 Å². The summed E-state index contributed by atoms with van der Waals surface area (Å²) >= 11 is 5.22. The summed E-state index contributed by atoms with van der Waals surface area (Å²) < 4.78 is 14.1. The molecule has 0 fully saturated rings. The van der Waals surface area contributed by atoms with Crippen molar-refractivity contribution in [3.05, 3.63) is 70.8 Å². The number of hydrogen-bond donors (Lipinski definition) is 3. The molecule has 5 nitrogen and oxygen atoms in total. The van der Waals surface area contributed by atoms with Crippen LogP contribution in [-0.2, 0) is 0 Å². The number of halogens is 1. The third-order valence-electron chi connectivity index (χ3n) is 3.28. The van der Waals surface area contributed by atoms with Gasteiger partial charge in [0, 0.05) is 5.69 Å². The van der Waals surface area contributed by atoms with Gasteiger partial charge in [0.05, 0.1) is 5.56 Å². The zero-order valence-electron chi connectivity index (χ0n) is 11.9. The molecule has 2 aromatic carbocycles. The van der Waals surface area contributed by atoms with Crippen molar-refractivity contribution in [3.63, 3.8) is 0 Å². The maximum absolute atomic E-state index is 12.9. The maximum Gasteiger partial charge on any atom is 0.283 e. The van der Waals surface area contributed by atoms with Crippen LogP contribution < -0.4 is 16.6 Å². The minimum absolute atomic E-state index is 0.121. The third-order valence-corrected chi connectivity index (χ3v) is 3.56. The predicted molar refractivity (Wildman–Crippen MR) is 92.9 cm³/mol. The average molecular weight is 328 g/mol. The second-order valence-electron chi connectivity index (χ2n) is 4.84. The molecule has 3 aromatic rings. The van der Waals surface area contributed by atoms with E-state index in [-0.39, 0.29) is 22.3 Å². The lowest BCUT2D eigenvalue weighted by molar-refractivity contribution is 0.628. The molecular weight excluding hydrogens is 315 g/mol. The van der Waals surface area contributed by atoms with Gasteiger partial charge >= 0.3 is 0 Å². The van der Waals surface area contributed by atoms with Crippen LogP contribution in [0.4, 0.5) is 15.9 Å². The molecule has 0 amide bonds. The largest absolute Gasteiger partial charge is 0.383 e. The molecule has 0 aliphatic rings. The minimum atomic E-state index is -0.353. The molecule has 0 aliphatic heterocycles. The number of nitrogens with one attached hydrogen (secondary N) is 2. The molecule has 1 heterocycles. The number of nitrogens with zero attached hydrogens (tertiary/aromatic N) is 1. The highest BCUT2D eigenvalue weighted by atomic mass is 32.1. The number of aromatic amines is 1. The highest BCUT2D eigenvalue weighted by Crippen LogP contribution is 2.20. The zero-order valence-corrected chi connectivity index (χ0v) is 12.7. The Kier molecular flexibility index (Phi) is 3.94. The Balaban J connectivity index is 1.93. The molecule has 116 valence electrons. The van der Waals surface area contributed by atoms with Gasteiger partial charge < -0.3 is 11.1 Å². The van der Waals surface area contributed by atoms with E-state index in [0.29, 0.717) is 16.8 Å². The van der Waals surface area contributed by atoms with Gasteiger partial charge in [-0.25, -0.2) is 4.39 Å². The van der Waals surface area contributed by atoms with Gasteiger partial charge in [-0.15, -0.1) is 0 Å². The number of rotatable bonds is 2. The van der Waals surface area contributed by atoms with Gasteiger partial charge in [0.1, 0.15) is 11.6 Å². The van der Waals surface area contributed by atoms with Crippen LogP contribution in [0.3, 0.4) is 0 Å². The Labute approximate surface area is 136 Å². The van der Waals surface area contributed by atoms with Gasteiger partial charge in [0.25, 0.3) is 5.56 Å². The summed E-state index contributed by atoms with van der Waals surface area (Å²) in [7, 11) is 0. The molecule has 0 atom stereocenters. The summed E-state index contributed by atoms with van der Waals surface area (Å²) in [6.07, 6.45) is 0. The van der Waals surface area contributed by atoms with E-state index < -0.39 is 0 Å². The standard InChI is InChI=1S/C16H13FN4OS/c17-11-6-8-12(9-7-11)19-16(23)21-15(22)13(14(18)20-21)10-4-2-1-3-5-10/h1-9,20H,18H2,(H,19,23). The fourth-order valence-electron chi connectivity index (χ4n) is 2.19. The van der Waals surface area contributed by atoms with Crippen LogP contribution in [0.5, 0.6) is 0 Å². The van der Waals surface area contributed by atoms with Gasteiger partial charge in [-0.2, -0.15) is 4.68 Å². The first kappa shape index (κ1) is 15.0. The van der Waals surface area contributed by atoms with Crippen molar-refractivity contribution >= 4 is 28.8 Å². The lowest BCUT2D eigenvalue weighted by Gasteiger charge is -2.07. The van der Waals surface area contributed by atoms with E-state index >= 15 is 0 Å². The minimum Gasteiger partial charge on any atom is -0.383 e. The van der Waals surface area contributed by atoms with Gasteiger partial charge in [-0.1, -0.05) is 30.3 Å². The smallest absolute Gasteiger partial charge is 0.283 e. The summed E-state index contributed by atoms with van der Waals surface area (Å²) in [5.74, 6) is -0.126. The molecule has 1 aromatic heterocycles. The molecule has 0 radical (unpaired) electrons. The molecule has 7 heteroatoms. The number of anilines is 2. The molecule has 0 saturated carbocycles. The Morgan fingerprint density at radius 2 is 1.78 bits per heavy atom. The topological polar surface area (TPSA) is 75.8 Å². The molecule has 0 aliphatic carbocycles. The fraction of sp³-hybridized carbons (Fsp3) is 0. The number of H-pyrrole nitrogens is 1. The Morgan fingerprint density at radius 3 is 2.43 bits per heavy atom. The average Bonchev–Trinajstić information content (AvgIpc) is 2.85. The normalized spacial score (nSPS) is 10.5. The second-order valence-corrected chi connectivity index (χ2v) is 5.23. The second kappa shape index (κ2) is 6.05. The van der Waals surface area contributed by atoms with Crippen molar-refractivity contribution in [2.24, 2.45) is 0 Å². The van der Waals surface area contributed by atoms with Crippen LogP contribution >= 0.6 is 12.2 Å². The number of aromatic nitrogens is 2. The summed E-state index contributed by atoms with van der Waals surface area (Å²) in [6, 6.07) is 14.7. The van der Waals surface area contributed by atoms with Crippen LogP contribution in [-0.4, -0.2) is 14.9 Å². The van der Waals surface area contributed by atoms with E-state index in [0.717, 1.165) is 4.68 Å². The van der Waals surface area contributed by atoms with E-state index in [4.69, 9.17) is 18.0 Å². The van der Waals surface area contributed by atoms with Crippen LogP contribution in [0.15, 0.2) is 59.4 Å². The molecule has 3 rings (SSSR count). The zero-order chi connectivity index (χ0) is 16.4. The van der Waals surface area contributed by atoms with Crippen LogP contribution in [0.1, 0.15) is 0 Å². The molecule has 0 bridgehead atoms. The first-order valence-electron chi connectivity index (χ1n) is 6.79. The van der Waals surface area contributed by atoms with Gasteiger partial charge in [-0.05, 0) is 42.0 Å². The van der Waals surface area contributed by atoms with Crippen molar-refractivity contribution in [2.45, 2.75) is 0 Å². The van der Waals surface area contributed by atoms with E-state index in [2.05, 4.69) is 10.4 Å². The van der Waals surface area contributed by atoms with Gasteiger partial charge in [0.15, 0.2) is 5.11 Å². The molecule has 4 N–H and O–H groups in total. The quantitative estimate of drug-likeness (QED) is 0.632. The number of benzene rings is 2. The Bertz CT molecular complexity index is 900. The SMILES string of the molecule is Nc1[nH]n(C(=S)Nc2ccc(F)cc2)c(=O)c1-c1ccccc1. The summed E-state index contributed by atoms with van der Waals surface area (Å²) in [5.41, 5.74) is 7.18. The van der Waals surface area contributed by atoms with Crippen molar-refractivity contribution < 1.29 is 4.39 Å². The third kappa shape index (κ3) is 3.00. The fourth-order valence-corrected chi connectivity index (χ4v) is 2.44. The van der Waals surface area contributed by atoms with Gasteiger partial charge in [-0.3, -0.25) is 9.89 Å². The first-order valence-corrected chi connectivity index (χ1v) is 7.20. The van der Waals surface area contributed by atoms with Crippen LogP contribution in [0.25, 0.3) is 11.1 Å². The van der Waals surface area contributed by atoms with E-state index in [9.17, 15) is 9.18 Å². The van der Waals surface area contributed by atoms with E-state index in [1.807, 2.05) is 18.2 Å². The van der Waals surface area contributed by atoms with Crippen molar-refractivity contribution in [1.29, 1.82) is 0 Å². The Morgan fingerprint density at radius 1 is 1.13 bits per heavy atom. The highest BCUT2D eigenvalue weighted by molar-refractivity contribution is 7.80. The number of hydrogen-bond acceptors (Lipinski definition) is 3. The summed E-state index contributed by atoms with van der Waals surface area (Å²) in [4.78, 5) is 12.5. The predicted octanol–water partition coefficient (Wildman–Crippen LogP) is 2.81. The van der Waals surface area contributed by atoms with Crippen molar-refractivity contribution in [3.8, 4) is 11.1 Å². The van der Waals surface area contributed by atoms with Crippen LogP contribution in [0, 0.1) is 5.82 Å². The summed E-state index contributed by atoms with van der Waals surface area (Å²) in [5, 5.41) is 5.73. The molecule has 23 heavy (non-hydrogen) atoms. The van der Waals surface area contributed by atoms with Crippen molar-refractivity contribution in [2.75, 3.05) is 11.1 Å². The monoisotopic (exact) mass is 328 g/mol. The Hall–Kier alpha value is -2.93. The summed E-state index contributed by atoms with van der Waals surface area (Å²) in [6.45, 7) is 0. The lowest BCUT2D eigenvalue weighted by atomic mass is 10.1. The molecule has 0 unspecified atom stereocenters. The van der Waals surface area contributed by atoms with E-state index in [1.165, 1.54) is 24.3 Å².